The topological polar surface area (TPSA) is 91.8 Å². The van der Waals surface area contributed by atoms with E-state index in [0.29, 0.717) is 5.13 Å². The van der Waals surface area contributed by atoms with E-state index in [1.165, 1.54) is 16.2 Å². The number of aromatic nitrogens is 1. The zero-order valence-corrected chi connectivity index (χ0v) is 16.1. The monoisotopic (exact) mass is 377 g/mol. The van der Waals surface area contributed by atoms with Crippen molar-refractivity contribution in [2.45, 2.75) is 51.9 Å². The number of nitrogens with zero attached hydrogens (tertiary/aromatic N) is 2. The number of β-amino-alcohol motifs (C(OH)–C–C–N with tert-alkyl or cyclic N) is 1. The highest BCUT2D eigenvalue weighted by molar-refractivity contribution is 7.22. The van der Waals surface area contributed by atoms with Gasteiger partial charge < -0.3 is 15.2 Å². The fourth-order valence-electron chi connectivity index (χ4n) is 2.86. The van der Waals surface area contributed by atoms with Crippen molar-refractivity contribution >= 4 is 38.7 Å². The number of aliphatic hydroxyl groups is 1. The number of ether oxygens (including phenoxy) is 1. The molecule has 1 aliphatic rings. The number of hydrogen-bond donors (Lipinski definition) is 2. The fraction of sp³-hybridized carbons (Fsp3) is 0.500. The van der Waals surface area contributed by atoms with Crippen LogP contribution in [0.25, 0.3) is 10.2 Å². The second-order valence-corrected chi connectivity index (χ2v) is 8.55. The van der Waals surface area contributed by atoms with Crippen molar-refractivity contribution in [3.63, 3.8) is 0 Å². The summed E-state index contributed by atoms with van der Waals surface area (Å²) >= 11 is 1.38. The van der Waals surface area contributed by atoms with Gasteiger partial charge in [0, 0.05) is 6.42 Å². The zero-order chi connectivity index (χ0) is 19.1. The number of benzene rings is 1. The second-order valence-electron chi connectivity index (χ2n) is 7.52. The highest BCUT2D eigenvalue weighted by Gasteiger charge is 2.41. The molecule has 2 heterocycles. The number of rotatable bonds is 2. The highest BCUT2D eigenvalue weighted by Crippen LogP contribution is 2.28. The van der Waals surface area contributed by atoms with Gasteiger partial charge in [0.2, 0.25) is 5.91 Å². The van der Waals surface area contributed by atoms with Crippen LogP contribution in [-0.4, -0.2) is 51.3 Å². The molecule has 2 atom stereocenters. The first-order valence-electron chi connectivity index (χ1n) is 8.48. The molecule has 3 rings (SSSR count). The van der Waals surface area contributed by atoms with Crippen LogP contribution in [0.15, 0.2) is 18.2 Å². The molecule has 2 aromatic rings. The molecule has 2 N–H and O–H groups in total. The van der Waals surface area contributed by atoms with Crippen molar-refractivity contribution in [2.24, 2.45) is 0 Å². The molecule has 0 radical (unpaired) electrons. The van der Waals surface area contributed by atoms with Crippen molar-refractivity contribution in [3.8, 4) is 0 Å². The molecule has 0 aliphatic carbocycles. The van der Waals surface area contributed by atoms with Crippen LogP contribution in [-0.2, 0) is 9.53 Å². The van der Waals surface area contributed by atoms with Crippen LogP contribution in [0.4, 0.5) is 9.93 Å². The van der Waals surface area contributed by atoms with E-state index in [1.54, 1.807) is 20.8 Å². The van der Waals surface area contributed by atoms with E-state index < -0.39 is 23.8 Å². The highest BCUT2D eigenvalue weighted by atomic mass is 32.1. The van der Waals surface area contributed by atoms with Crippen LogP contribution < -0.4 is 5.32 Å². The van der Waals surface area contributed by atoms with E-state index in [4.69, 9.17) is 4.74 Å². The molecular formula is C18H23N3O4S. The quantitative estimate of drug-likeness (QED) is 0.840. The lowest BCUT2D eigenvalue weighted by Crippen LogP contribution is -2.45. The van der Waals surface area contributed by atoms with Crippen molar-refractivity contribution in [2.75, 3.05) is 11.9 Å². The number of thiazole rings is 1. The molecule has 0 spiro atoms. The third-order valence-electron chi connectivity index (χ3n) is 3.98. The van der Waals surface area contributed by atoms with Crippen LogP contribution in [0.3, 0.4) is 0 Å². The third kappa shape index (κ3) is 4.13. The molecule has 0 bridgehead atoms. The normalized spacial score (nSPS) is 20.4. The number of fused-ring (bicyclic) bond motifs is 1. The van der Waals surface area contributed by atoms with Gasteiger partial charge in [0.1, 0.15) is 11.6 Å². The van der Waals surface area contributed by atoms with Gasteiger partial charge in [0.05, 0.1) is 22.9 Å². The van der Waals surface area contributed by atoms with Gasteiger partial charge >= 0.3 is 6.09 Å². The molecule has 0 saturated carbocycles. The number of likely N-dealkylation sites (tertiary alicyclic amines) is 1. The van der Waals surface area contributed by atoms with Gasteiger partial charge in [0.25, 0.3) is 0 Å². The molecular weight excluding hydrogens is 354 g/mol. The van der Waals surface area contributed by atoms with Gasteiger partial charge in [-0.15, -0.1) is 0 Å². The minimum Gasteiger partial charge on any atom is -0.444 e. The molecule has 8 heteroatoms. The van der Waals surface area contributed by atoms with Gasteiger partial charge in [-0.25, -0.2) is 9.78 Å². The fourth-order valence-corrected chi connectivity index (χ4v) is 3.83. The first-order valence-corrected chi connectivity index (χ1v) is 9.30. The predicted octanol–water partition coefficient (Wildman–Crippen LogP) is 2.91. The smallest absolute Gasteiger partial charge is 0.411 e. The Hall–Kier alpha value is -2.19. The third-order valence-corrected chi connectivity index (χ3v) is 4.92. The summed E-state index contributed by atoms with van der Waals surface area (Å²) in [4.78, 5) is 30.7. The molecule has 1 fully saturated rings. The first kappa shape index (κ1) is 18.6. The SMILES string of the molecule is Cc1ccc2nc(NC(=O)[C@@H]3C[C@H](O)CN3C(=O)OC(C)(C)C)sc2c1. The Labute approximate surface area is 156 Å². The van der Waals surface area contributed by atoms with Gasteiger partial charge in [-0.3, -0.25) is 9.69 Å². The Bertz CT molecular complexity index is 843. The molecule has 1 aromatic carbocycles. The number of aryl methyl sites for hydroxylation is 1. The Morgan fingerprint density at radius 1 is 1.38 bits per heavy atom. The number of carbonyl (C=O) groups is 2. The van der Waals surface area contributed by atoms with Crippen LogP contribution in [0, 0.1) is 6.92 Å². The van der Waals surface area contributed by atoms with Crippen LogP contribution in [0.1, 0.15) is 32.8 Å². The largest absolute Gasteiger partial charge is 0.444 e. The molecule has 7 nitrogen and oxygen atoms in total. The van der Waals surface area contributed by atoms with Gasteiger partial charge in [-0.05, 0) is 45.4 Å². The van der Waals surface area contributed by atoms with E-state index in [-0.39, 0.29) is 18.9 Å². The van der Waals surface area contributed by atoms with E-state index in [1.807, 2.05) is 25.1 Å². The summed E-state index contributed by atoms with van der Waals surface area (Å²) in [5, 5.41) is 13.2. The first-order chi connectivity index (χ1) is 12.1. The van der Waals surface area contributed by atoms with E-state index in [0.717, 1.165) is 15.8 Å². The summed E-state index contributed by atoms with van der Waals surface area (Å²) in [5.74, 6) is -0.372. The Morgan fingerprint density at radius 3 is 2.81 bits per heavy atom. The van der Waals surface area contributed by atoms with E-state index in [2.05, 4.69) is 10.3 Å². The van der Waals surface area contributed by atoms with Crippen LogP contribution in [0.5, 0.6) is 0 Å². The molecule has 2 amide bonds. The number of hydrogen-bond acceptors (Lipinski definition) is 6. The molecule has 1 aromatic heterocycles. The Balaban J connectivity index is 1.75. The van der Waals surface area contributed by atoms with Crippen molar-refractivity contribution in [1.29, 1.82) is 0 Å². The van der Waals surface area contributed by atoms with E-state index in [9.17, 15) is 14.7 Å². The molecule has 1 saturated heterocycles. The summed E-state index contributed by atoms with van der Waals surface area (Å²) in [6, 6.07) is 5.09. The number of carbonyl (C=O) groups excluding carboxylic acids is 2. The Kier molecular flexibility index (Phi) is 4.90. The minimum atomic E-state index is -0.784. The maximum Gasteiger partial charge on any atom is 0.411 e. The van der Waals surface area contributed by atoms with Gasteiger partial charge in [-0.2, -0.15) is 0 Å². The van der Waals surface area contributed by atoms with Gasteiger partial charge in [-0.1, -0.05) is 17.4 Å². The average molecular weight is 377 g/mol. The molecule has 26 heavy (non-hydrogen) atoms. The molecule has 140 valence electrons. The number of anilines is 1. The lowest BCUT2D eigenvalue weighted by atomic mass is 10.2. The standard InChI is InChI=1S/C18H23N3O4S/c1-10-5-6-12-14(7-10)26-16(19-12)20-15(23)13-8-11(22)9-21(13)17(24)25-18(2,3)4/h5-7,11,13,22H,8-9H2,1-4H3,(H,19,20,23)/t11-,13-/m0/s1. The van der Waals surface area contributed by atoms with Crippen LogP contribution >= 0.6 is 11.3 Å². The summed E-state index contributed by atoms with van der Waals surface area (Å²) in [6.45, 7) is 7.35. The summed E-state index contributed by atoms with van der Waals surface area (Å²) in [7, 11) is 0. The maximum absolute atomic E-state index is 12.7. The number of nitrogens with one attached hydrogen (secondary N) is 1. The summed E-state index contributed by atoms with van der Waals surface area (Å²) < 4.78 is 6.33. The van der Waals surface area contributed by atoms with Crippen molar-refractivity contribution in [1.82, 2.24) is 9.88 Å². The second kappa shape index (κ2) is 6.85. The maximum atomic E-state index is 12.7. The Morgan fingerprint density at radius 2 is 2.12 bits per heavy atom. The lowest BCUT2D eigenvalue weighted by molar-refractivity contribution is -0.120. The zero-order valence-electron chi connectivity index (χ0n) is 15.3. The minimum absolute atomic E-state index is 0.0754. The summed E-state index contributed by atoms with van der Waals surface area (Å²) in [5.41, 5.74) is 1.26. The van der Waals surface area contributed by atoms with E-state index >= 15 is 0 Å². The van der Waals surface area contributed by atoms with Crippen molar-refractivity contribution < 1.29 is 19.4 Å². The predicted molar refractivity (Wildman–Crippen MR) is 100 cm³/mol. The number of aliphatic hydroxyl groups excluding tert-OH is 1. The van der Waals surface area contributed by atoms with Crippen LogP contribution in [0.2, 0.25) is 0 Å². The summed E-state index contributed by atoms with van der Waals surface area (Å²) in [6.07, 6.45) is -1.18. The van der Waals surface area contributed by atoms with Crippen molar-refractivity contribution in [3.05, 3.63) is 23.8 Å². The average Bonchev–Trinajstić information content (AvgIpc) is 3.08. The molecule has 1 aliphatic heterocycles. The lowest BCUT2D eigenvalue weighted by Gasteiger charge is -2.27. The molecule has 0 unspecified atom stereocenters. The number of amides is 2. The van der Waals surface area contributed by atoms with Gasteiger partial charge in [0.15, 0.2) is 5.13 Å².